The predicted octanol–water partition coefficient (Wildman–Crippen LogP) is 4.09. The normalized spacial score (nSPS) is 13.0. The second-order valence-electron chi connectivity index (χ2n) is 7.92. The van der Waals surface area contributed by atoms with E-state index >= 15 is 0 Å². The summed E-state index contributed by atoms with van der Waals surface area (Å²) in [4.78, 5) is 21.3. The topological polar surface area (TPSA) is 107 Å². The lowest BCUT2D eigenvalue weighted by atomic mass is 10.1. The first-order chi connectivity index (χ1) is 15.1. The molecule has 9 heteroatoms. The van der Waals surface area contributed by atoms with Crippen LogP contribution in [0.1, 0.15) is 30.9 Å². The van der Waals surface area contributed by atoms with Crippen molar-refractivity contribution in [3.8, 4) is 11.6 Å². The van der Waals surface area contributed by atoms with Crippen molar-refractivity contribution in [1.29, 1.82) is 0 Å². The molecule has 0 saturated carbocycles. The molecule has 0 fully saturated rings. The summed E-state index contributed by atoms with van der Waals surface area (Å²) in [6.07, 6.45) is 3.99. The molecule has 1 aromatic carbocycles. The van der Waals surface area contributed by atoms with Gasteiger partial charge >= 0.3 is 6.03 Å². The molecule has 1 aliphatic rings. The van der Waals surface area contributed by atoms with E-state index in [1.807, 2.05) is 24.3 Å². The number of amides is 1. The standard InChI is InChI=1S/C22H22N6O3/c1-13(2)7-16-9-20(27-31-16)26-22(29)28-6-5-14-8-15(3-4-19(14)28)30-21-17-10-23-11-18(17)24-12-25-21/h3-6,8-9,12-13,23H,7,10-11H2,1-2H3,(H,26,27,29). The summed E-state index contributed by atoms with van der Waals surface area (Å²) in [5.41, 5.74) is 2.69. The maximum absolute atomic E-state index is 12.7. The lowest BCUT2D eigenvalue weighted by molar-refractivity contribution is 0.254. The van der Waals surface area contributed by atoms with Crippen molar-refractivity contribution in [1.82, 2.24) is 25.0 Å². The molecule has 3 aromatic heterocycles. The first-order valence-corrected chi connectivity index (χ1v) is 10.2. The number of fused-ring (bicyclic) bond motifs is 2. The van der Waals surface area contributed by atoms with Crippen molar-refractivity contribution in [3.63, 3.8) is 0 Å². The van der Waals surface area contributed by atoms with Gasteiger partial charge in [-0.05, 0) is 30.2 Å². The van der Waals surface area contributed by atoms with E-state index in [-0.39, 0.29) is 6.03 Å². The summed E-state index contributed by atoms with van der Waals surface area (Å²) in [5, 5.41) is 10.8. The molecule has 0 spiro atoms. The SMILES string of the molecule is CC(C)Cc1cc(NC(=O)n2ccc3cc(Oc4ncnc5c4CNC5)ccc32)no1. The second kappa shape index (κ2) is 7.84. The molecule has 1 amide bonds. The van der Waals surface area contributed by atoms with Crippen molar-refractivity contribution in [2.45, 2.75) is 33.4 Å². The largest absolute Gasteiger partial charge is 0.439 e. The van der Waals surface area contributed by atoms with Gasteiger partial charge in [0, 0.05) is 37.2 Å². The highest BCUT2D eigenvalue weighted by molar-refractivity contribution is 5.98. The number of hydrogen-bond acceptors (Lipinski definition) is 7. The Bertz CT molecular complexity index is 1260. The Labute approximate surface area is 178 Å². The maximum Gasteiger partial charge on any atom is 0.331 e. The Kier molecular flexibility index (Phi) is 4.87. The van der Waals surface area contributed by atoms with Gasteiger partial charge < -0.3 is 14.6 Å². The van der Waals surface area contributed by atoms with Crippen molar-refractivity contribution in [2.24, 2.45) is 5.92 Å². The number of nitrogens with one attached hydrogen (secondary N) is 2. The van der Waals surface area contributed by atoms with Gasteiger partial charge in [0.05, 0.1) is 16.8 Å². The molecule has 5 rings (SSSR count). The summed E-state index contributed by atoms with van der Waals surface area (Å²) in [6, 6.07) is 8.85. The summed E-state index contributed by atoms with van der Waals surface area (Å²) in [7, 11) is 0. The van der Waals surface area contributed by atoms with Crippen LogP contribution in [0.5, 0.6) is 11.6 Å². The van der Waals surface area contributed by atoms with E-state index in [9.17, 15) is 4.79 Å². The predicted molar refractivity (Wildman–Crippen MR) is 114 cm³/mol. The highest BCUT2D eigenvalue weighted by atomic mass is 16.5. The van der Waals surface area contributed by atoms with Crippen LogP contribution < -0.4 is 15.4 Å². The van der Waals surface area contributed by atoms with E-state index in [0.29, 0.717) is 29.9 Å². The zero-order valence-electron chi connectivity index (χ0n) is 17.3. The average molecular weight is 418 g/mol. The first kappa shape index (κ1) is 19.3. The van der Waals surface area contributed by atoms with Crippen molar-refractivity contribution >= 4 is 22.8 Å². The smallest absolute Gasteiger partial charge is 0.331 e. The number of ether oxygens (including phenoxy) is 1. The van der Waals surface area contributed by atoms with Crippen LogP contribution in [0.4, 0.5) is 10.6 Å². The van der Waals surface area contributed by atoms with Gasteiger partial charge in [-0.1, -0.05) is 19.0 Å². The Morgan fingerprint density at radius 3 is 3.03 bits per heavy atom. The van der Waals surface area contributed by atoms with E-state index in [0.717, 1.165) is 40.9 Å². The molecule has 4 aromatic rings. The van der Waals surface area contributed by atoms with Crippen molar-refractivity contribution < 1.29 is 14.1 Å². The van der Waals surface area contributed by atoms with E-state index in [4.69, 9.17) is 9.26 Å². The molecule has 1 aliphatic heterocycles. The number of rotatable bonds is 5. The second-order valence-corrected chi connectivity index (χ2v) is 7.92. The van der Waals surface area contributed by atoms with Crippen molar-refractivity contribution in [3.05, 3.63) is 59.9 Å². The number of benzene rings is 1. The van der Waals surface area contributed by atoms with Gasteiger partial charge in [-0.15, -0.1) is 0 Å². The minimum atomic E-state index is -0.312. The molecule has 9 nitrogen and oxygen atoms in total. The molecule has 0 radical (unpaired) electrons. The molecule has 0 aliphatic carbocycles. The summed E-state index contributed by atoms with van der Waals surface area (Å²) >= 11 is 0. The minimum Gasteiger partial charge on any atom is -0.439 e. The van der Waals surface area contributed by atoms with Gasteiger partial charge in [0.1, 0.15) is 17.8 Å². The fourth-order valence-electron chi connectivity index (χ4n) is 3.67. The van der Waals surface area contributed by atoms with Crippen LogP contribution in [0.15, 0.2) is 47.4 Å². The monoisotopic (exact) mass is 418 g/mol. The fourth-order valence-corrected chi connectivity index (χ4v) is 3.67. The van der Waals surface area contributed by atoms with Gasteiger partial charge in [-0.2, -0.15) is 0 Å². The Hall–Kier alpha value is -3.72. The molecule has 4 heterocycles. The average Bonchev–Trinajstić information content (AvgIpc) is 3.47. The maximum atomic E-state index is 12.7. The third kappa shape index (κ3) is 3.87. The molecule has 158 valence electrons. The van der Waals surface area contributed by atoms with Crippen LogP contribution in [0.25, 0.3) is 10.9 Å². The highest BCUT2D eigenvalue weighted by Gasteiger charge is 2.19. The summed E-state index contributed by atoms with van der Waals surface area (Å²) in [5.74, 6) is 2.79. The van der Waals surface area contributed by atoms with Crippen LogP contribution >= 0.6 is 0 Å². The third-order valence-corrected chi connectivity index (χ3v) is 5.09. The number of hydrogen-bond donors (Lipinski definition) is 2. The minimum absolute atomic E-state index is 0.312. The van der Waals surface area contributed by atoms with E-state index in [2.05, 4.69) is 39.6 Å². The van der Waals surface area contributed by atoms with Crippen LogP contribution in [-0.4, -0.2) is 25.7 Å². The first-order valence-electron chi connectivity index (χ1n) is 10.2. The van der Waals surface area contributed by atoms with Crippen LogP contribution in [0.3, 0.4) is 0 Å². The van der Waals surface area contributed by atoms with Gasteiger partial charge in [-0.25, -0.2) is 14.8 Å². The molecular formula is C22H22N6O3. The third-order valence-electron chi connectivity index (χ3n) is 5.09. The van der Waals surface area contributed by atoms with Crippen LogP contribution in [-0.2, 0) is 19.5 Å². The van der Waals surface area contributed by atoms with E-state index < -0.39 is 0 Å². The Morgan fingerprint density at radius 2 is 2.16 bits per heavy atom. The number of carbonyl (C=O) groups is 1. The van der Waals surface area contributed by atoms with Crippen molar-refractivity contribution in [2.75, 3.05) is 5.32 Å². The number of carbonyl (C=O) groups excluding carboxylic acids is 1. The lowest BCUT2D eigenvalue weighted by Gasteiger charge is -2.09. The molecule has 0 bridgehead atoms. The lowest BCUT2D eigenvalue weighted by Crippen LogP contribution is -2.18. The zero-order chi connectivity index (χ0) is 21.4. The van der Waals surface area contributed by atoms with Gasteiger partial charge in [0.15, 0.2) is 5.82 Å². The Morgan fingerprint density at radius 1 is 1.26 bits per heavy atom. The molecule has 0 unspecified atom stereocenters. The van der Waals surface area contributed by atoms with E-state index in [1.165, 1.54) is 10.9 Å². The highest BCUT2D eigenvalue weighted by Crippen LogP contribution is 2.29. The zero-order valence-corrected chi connectivity index (χ0v) is 17.3. The number of nitrogens with zero attached hydrogens (tertiary/aromatic N) is 4. The van der Waals surface area contributed by atoms with Gasteiger partial charge in [-0.3, -0.25) is 9.88 Å². The van der Waals surface area contributed by atoms with Gasteiger partial charge in [0.2, 0.25) is 5.88 Å². The van der Waals surface area contributed by atoms with Crippen LogP contribution in [0.2, 0.25) is 0 Å². The number of aromatic nitrogens is 4. The van der Waals surface area contributed by atoms with Crippen LogP contribution in [0, 0.1) is 5.92 Å². The molecule has 0 atom stereocenters. The quantitative estimate of drug-likeness (QED) is 0.502. The molecule has 2 N–H and O–H groups in total. The molecular weight excluding hydrogens is 396 g/mol. The Balaban J connectivity index is 1.34. The van der Waals surface area contributed by atoms with E-state index in [1.54, 1.807) is 12.3 Å². The molecule has 31 heavy (non-hydrogen) atoms. The molecule has 0 saturated heterocycles. The fraction of sp³-hybridized carbons (Fsp3) is 0.273. The van der Waals surface area contributed by atoms with Gasteiger partial charge in [0.25, 0.3) is 0 Å². The number of anilines is 1. The summed E-state index contributed by atoms with van der Waals surface area (Å²) < 4.78 is 12.8. The summed E-state index contributed by atoms with van der Waals surface area (Å²) in [6.45, 7) is 5.60.